The third kappa shape index (κ3) is 2.24. The molecular formula is C18H13N5OS. The second kappa shape index (κ2) is 5.49. The maximum absolute atomic E-state index is 12.5. The van der Waals surface area contributed by atoms with Gasteiger partial charge in [0.05, 0.1) is 22.3 Å². The summed E-state index contributed by atoms with van der Waals surface area (Å²) in [5.41, 5.74) is 6.90. The van der Waals surface area contributed by atoms with Crippen LogP contribution in [0.1, 0.15) is 10.5 Å². The zero-order valence-electron chi connectivity index (χ0n) is 13.1. The number of hydrogen-bond acceptors (Lipinski definition) is 5. The molecule has 0 saturated heterocycles. The van der Waals surface area contributed by atoms with Crippen LogP contribution in [0.3, 0.4) is 0 Å². The van der Waals surface area contributed by atoms with Crippen LogP contribution in [0.4, 0.5) is 0 Å². The van der Waals surface area contributed by atoms with E-state index in [-0.39, 0.29) is 5.91 Å². The molecule has 4 heterocycles. The summed E-state index contributed by atoms with van der Waals surface area (Å²) in [6, 6.07) is 9.93. The third-order valence-electron chi connectivity index (χ3n) is 4.35. The van der Waals surface area contributed by atoms with E-state index in [4.69, 9.17) is 5.10 Å². The van der Waals surface area contributed by atoms with Gasteiger partial charge in [-0.3, -0.25) is 14.5 Å². The molecule has 0 atom stereocenters. The van der Waals surface area contributed by atoms with E-state index in [1.54, 1.807) is 28.4 Å². The number of amides is 1. The first-order valence-electron chi connectivity index (χ1n) is 7.94. The van der Waals surface area contributed by atoms with Crippen LogP contribution in [0, 0.1) is 0 Å². The highest BCUT2D eigenvalue weighted by molar-refractivity contribution is 7.16. The second-order valence-corrected chi connectivity index (χ2v) is 6.71. The molecule has 0 radical (unpaired) electrons. The Labute approximate surface area is 147 Å². The van der Waals surface area contributed by atoms with E-state index in [1.165, 1.54) is 0 Å². The summed E-state index contributed by atoms with van der Waals surface area (Å²) < 4.78 is 2.93. The highest BCUT2D eigenvalue weighted by atomic mass is 32.1. The lowest BCUT2D eigenvalue weighted by Crippen LogP contribution is -2.35. The van der Waals surface area contributed by atoms with Crippen LogP contribution in [-0.2, 0) is 6.54 Å². The number of nitrogens with one attached hydrogen (secondary N) is 1. The van der Waals surface area contributed by atoms with E-state index in [0.29, 0.717) is 18.8 Å². The van der Waals surface area contributed by atoms with Gasteiger partial charge in [0.1, 0.15) is 11.4 Å². The molecule has 0 unspecified atom stereocenters. The zero-order chi connectivity index (χ0) is 16.8. The molecule has 1 aliphatic rings. The van der Waals surface area contributed by atoms with Crippen molar-refractivity contribution in [3.05, 3.63) is 53.9 Å². The summed E-state index contributed by atoms with van der Waals surface area (Å²) in [6.45, 7) is 1.26. The molecule has 1 aliphatic heterocycles. The molecule has 4 aromatic rings. The summed E-state index contributed by atoms with van der Waals surface area (Å²) in [6.07, 6.45) is 3.47. The van der Waals surface area contributed by atoms with Gasteiger partial charge in [0, 0.05) is 30.1 Å². The molecule has 0 fully saturated rings. The van der Waals surface area contributed by atoms with Gasteiger partial charge in [0.15, 0.2) is 0 Å². The van der Waals surface area contributed by atoms with Crippen LogP contribution in [-0.4, -0.2) is 32.2 Å². The van der Waals surface area contributed by atoms with Gasteiger partial charge >= 0.3 is 0 Å². The summed E-state index contributed by atoms with van der Waals surface area (Å²) in [5, 5.41) is 7.65. The van der Waals surface area contributed by atoms with E-state index in [0.717, 1.165) is 32.6 Å². The smallest absolute Gasteiger partial charge is 0.270 e. The van der Waals surface area contributed by atoms with Gasteiger partial charge in [-0.05, 0) is 29.8 Å². The number of benzene rings is 1. The lowest BCUT2D eigenvalue weighted by atomic mass is 9.98. The van der Waals surface area contributed by atoms with Crippen molar-refractivity contribution in [2.24, 2.45) is 0 Å². The van der Waals surface area contributed by atoms with Crippen molar-refractivity contribution >= 4 is 27.5 Å². The molecule has 1 amide bonds. The summed E-state index contributed by atoms with van der Waals surface area (Å²) in [4.78, 5) is 21.0. The molecule has 1 N–H and O–H groups in total. The molecule has 5 rings (SSSR count). The minimum atomic E-state index is -0.0903. The van der Waals surface area contributed by atoms with Gasteiger partial charge in [-0.25, -0.2) is 4.98 Å². The van der Waals surface area contributed by atoms with E-state index in [1.807, 2.05) is 35.8 Å². The van der Waals surface area contributed by atoms with Crippen LogP contribution in [0.25, 0.3) is 32.6 Å². The van der Waals surface area contributed by atoms with Gasteiger partial charge in [-0.1, -0.05) is 6.07 Å². The van der Waals surface area contributed by atoms with Crippen molar-refractivity contribution in [1.82, 2.24) is 25.1 Å². The number of carbonyl (C=O) groups is 1. The first-order chi connectivity index (χ1) is 12.3. The molecule has 7 heteroatoms. The van der Waals surface area contributed by atoms with Crippen molar-refractivity contribution in [3.63, 3.8) is 0 Å². The van der Waals surface area contributed by atoms with Crippen molar-refractivity contribution in [1.29, 1.82) is 0 Å². The summed E-state index contributed by atoms with van der Waals surface area (Å²) in [7, 11) is 0. The standard InChI is InChI=1S/C18H13N5OS/c24-18-17-15(12-1-2-14-13(9-12)21-10-25-14)16(11-3-5-19-6-4-11)22-23(17)8-7-20-18/h1-6,9-10H,7-8H2,(H,20,24). The number of pyridine rings is 1. The SMILES string of the molecule is O=C1NCCn2nc(-c3ccncc3)c(-c3ccc4scnc4c3)c21. The van der Waals surface area contributed by atoms with E-state index in [2.05, 4.69) is 15.3 Å². The maximum atomic E-state index is 12.5. The lowest BCUT2D eigenvalue weighted by molar-refractivity contribution is 0.0925. The van der Waals surface area contributed by atoms with Gasteiger partial charge in [0.2, 0.25) is 0 Å². The number of aromatic nitrogens is 4. The Morgan fingerprint density at radius 3 is 2.88 bits per heavy atom. The van der Waals surface area contributed by atoms with Crippen molar-refractivity contribution in [2.45, 2.75) is 6.54 Å². The maximum Gasteiger partial charge on any atom is 0.270 e. The van der Waals surface area contributed by atoms with Crippen LogP contribution in [0.2, 0.25) is 0 Å². The highest BCUT2D eigenvalue weighted by Crippen LogP contribution is 2.36. The molecule has 0 saturated carbocycles. The average Bonchev–Trinajstić information content (AvgIpc) is 3.26. The van der Waals surface area contributed by atoms with Gasteiger partial charge in [-0.2, -0.15) is 5.10 Å². The Morgan fingerprint density at radius 2 is 2.00 bits per heavy atom. The number of carbonyl (C=O) groups excluding carboxylic acids is 1. The predicted octanol–water partition coefficient (Wildman–Crippen LogP) is 2.97. The van der Waals surface area contributed by atoms with Crippen LogP contribution in [0.5, 0.6) is 0 Å². The van der Waals surface area contributed by atoms with E-state index >= 15 is 0 Å². The fraction of sp³-hybridized carbons (Fsp3) is 0.111. The Bertz CT molecular complexity index is 1100. The lowest BCUT2D eigenvalue weighted by Gasteiger charge is -2.15. The van der Waals surface area contributed by atoms with Gasteiger partial charge in [0.25, 0.3) is 5.91 Å². The van der Waals surface area contributed by atoms with Gasteiger partial charge < -0.3 is 5.32 Å². The topological polar surface area (TPSA) is 72.7 Å². The zero-order valence-corrected chi connectivity index (χ0v) is 14.0. The molecular weight excluding hydrogens is 334 g/mol. The summed E-state index contributed by atoms with van der Waals surface area (Å²) in [5.74, 6) is -0.0903. The molecule has 3 aromatic heterocycles. The quantitative estimate of drug-likeness (QED) is 0.605. The molecule has 6 nitrogen and oxygen atoms in total. The van der Waals surface area contributed by atoms with Crippen LogP contribution in [0.15, 0.2) is 48.2 Å². The van der Waals surface area contributed by atoms with E-state index in [9.17, 15) is 4.79 Å². The van der Waals surface area contributed by atoms with Crippen LogP contribution >= 0.6 is 11.3 Å². The Hall–Kier alpha value is -3.06. The molecule has 0 bridgehead atoms. The molecule has 25 heavy (non-hydrogen) atoms. The third-order valence-corrected chi connectivity index (χ3v) is 5.16. The second-order valence-electron chi connectivity index (χ2n) is 5.82. The molecule has 122 valence electrons. The fourth-order valence-electron chi connectivity index (χ4n) is 3.21. The summed E-state index contributed by atoms with van der Waals surface area (Å²) >= 11 is 1.60. The number of hydrogen-bond donors (Lipinski definition) is 1. The average molecular weight is 347 g/mol. The van der Waals surface area contributed by atoms with Crippen molar-refractivity contribution in [3.8, 4) is 22.4 Å². The first kappa shape index (κ1) is 14.3. The largest absolute Gasteiger partial charge is 0.349 e. The number of thiazole rings is 1. The van der Waals surface area contributed by atoms with E-state index < -0.39 is 0 Å². The van der Waals surface area contributed by atoms with Crippen molar-refractivity contribution in [2.75, 3.05) is 6.54 Å². The number of nitrogens with zero attached hydrogens (tertiary/aromatic N) is 4. The molecule has 0 aliphatic carbocycles. The Balaban J connectivity index is 1.81. The monoisotopic (exact) mass is 347 g/mol. The molecule has 0 spiro atoms. The van der Waals surface area contributed by atoms with Crippen molar-refractivity contribution < 1.29 is 4.79 Å². The highest BCUT2D eigenvalue weighted by Gasteiger charge is 2.28. The normalized spacial score (nSPS) is 13.7. The fourth-order valence-corrected chi connectivity index (χ4v) is 3.87. The minimum Gasteiger partial charge on any atom is -0.349 e. The number of fused-ring (bicyclic) bond motifs is 2. The first-order valence-corrected chi connectivity index (χ1v) is 8.82. The molecule has 1 aromatic carbocycles. The predicted molar refractivity (Wildman–Crippen MR) is 96.4 cm³/mol. The van der Waals surface area contributed by atoms with Crippen LogP contribution < -0.4 is 5.32 Å². The van der Waals surface area contributed by atoms with Gasteiger partial charge in [-0.15, -0.1) is 11.3 Å². The minimum absolute atomic E-state index is 0.0903. The Morgan fingerprint density at radius 1 is 1.12 bits per heavy atom. The Kier molecular flexibility index (Phi) is 3.14. The number of rotatable bonds is 2.